The molecule has 4 heteroatoms. The molecule has 0 saturated carbocycles. The number of rotatable bonds is 13. The predicted octanol–water partition coefficient (Wildman–Crippen LogP) is 5.97. The van der Waals surface area contributed by atoms with Crippen LogP contribution in [0.2, 0.25) is 0 Å². The highest BCUT2D eigenvalue weighted by molar-refractivity contribution is 9.09. The summed E-state index contributed by atoms with van der Waals surface area (Å²) >= 11 is 3.47. The Bertz CT molecular complexity index is 524. The molecule has 2 amide bonds. The Morgan fingerprint density at radius 2 is 1.04 bits per heavy atom. The summed E-state index contributed by atoms with van der Waals surface area (Å²) in [5, 5.41) is 1.13. The molecule has 0 unspecified atom stereocenters. The smallest absolute Gasteiger partial charge is 0.261 e. The molecule has 1 heterocycles. The van der Waals surface area contributed by atoms with Crippen molar-refractivity contribution in [1.82, 2.24) is 4.90 Å². The molecule has 0 radical (unpaired) electrons. The summed E-state index contributed by atoms with van der Waals surface area (Å²) < 4.78 is 0. The number of halogens is 1. The standard InChI is InChI=1S/C21H30BrNO2/c22-16-12-8-6-4-2-1-3-5-7-9-13-17-23-20(24)18-14-10-11-15-19(18)21(23)25/h10-11,14-15H,1-9,12-13,16-17H2. The fourth-order valence-electron chi connectivity index (χ4n) is 3.40. The maximum absolute atomic E-state index is 12.2. The highest BCUT2D eigenvalue weighted by Crippen LogP contribution is 2.23. The van der Waals surface area contributed by atoms with Gasteiger partial charge in [-0.05, 0) is 25.0 Å². The number of carbonyl (C=O) groups is 2. The fraction of sp³-hybridized carbons (Fsp3) is 0.619. The number of carbonyl (C=O) groups excluding carboxylic acids is 2. The van der Waals surface area contributed by atoms with Crippen molar-refractivity contribution in [3.63, 3.8) is 0 Å². The van der Waals surface area contributed by atoms with E-state index in [0.29, 0.717) is 17.7 Å². The second-order valence-electron chi connectivity index (χ2n) is 6.89. The van der Waals surface area contributed by atoms with Crippen molar-refractivity contribution in [2.24, 2.45) is 0 Å². The zero-order valence-electron chi connectivity index (χ0n) is 15.1. The van der Waals surface area contributed by atoms with Crippen molar-refractivity contribution >= 4 is 27.7 Å². The van der Waals surface area contributed by atoms with Crippen molar-refractivity contribution in [2.75, 3.05) is 11.9 Å². The lowest BCUT2D eigenvalue weighted by atomic mass is 10.1. The molecule has 1 aliphatic heterocycles. The van der Waals surface area contributed by atoms with E-state index in [1.165, 1.54) is 62.7 Å². The van der Waals surface area contributed by atoms with E-state index in [1.807, 2.05) is 12.1 Å². The SMILES string of the molecule is O=C1c2ccccc2C(=O)N1CCCCCCCCCCCCCBr. The molecule has 0 bridgehead atoms. The zero-order valence-corrected chi connectivity index (χ0v) is 16.7. The van der Waals surface area contributed by atoms with Crippen LogP contribution in [-0.2, 0) is 0 Å². The second-order valence-corrected chi connectivity index (χ2v) is 7.68. The van der Waals surface area contributed by atoms with E-state index >= 15 is 0 Å². The average molecular weight is 408 g/mol. The molecule has 1 aromatic carbocycles. The van der Waals surface area contributed by atoms with Crippen LogP contribution in [0, 0.1) is 0 Å². The Morgan fingerprint density at radius 1 is 0.640 bits per heavy atom. The highest BCUT2D eigenvalue weighted by Gasteiger charge is 2.34. The number of amides is 2. The van der Waals surface area contributed by atoms with Crippen LogP contribution in [-0.4, -0.2) is 28.6 Å². The van der Waals surface area contributed by atoms with E-state index in [9.17, 15) is 9.59 Å². The van der Waals surface area contributed by atoms with Gasteiger partial charge in [-0.2, -0.15) is 0 Å². The van der Waals surface area contributed by atoms with Gasteiger partial charge < -0.3 is 0 Å². The maximum Gasteiger partial charge on any atom is 0.261 e. The number of benzene rings is 1. The largest absolute Gasteiger partial charge is 0.274 e. The van der Waals surface area contributed by atoms with Crippen LogP contribution in [0.1, 0.15) is 91.3 Å². The number of unbranched alkanes of at least 4 members (excludes halogenated alkanes) is 10. The van der Waals surface area contributed by atoms with Gasteiger partial charge in [0, 0.05) is 11.9 Å². The van der Waals surface area contributed by atoms with Gasteiger partial charge in [0.2, 0.25) is 0 Å². The van der Waals surface area contributed by atoms with Gasteiger partial charge in [-0.25, -0.2) is 0 Å². The molecule has 1 aliphatic rings. The van der Waals surface area contributed by atoms with Gasteiger partial charge in [0.1, 0.15) is 0 Å². The van der Waals surface area contributed by atoms with Crippen LogP contribution in [0.15, 0.2) is 24.3 Å². The first-order valence-corrected chi connectivity index (χ1v) is 10.9. The first-order chi connectivity index (χ1) is 12.3. The molecule has 25 heavy (non-hydrogen) atoms. The van der Waals surface area contributed by atoms with E-state index in [4.69, 9.17) is 0 Å². The average Bonchev–Trinajstić information content (AvgIpc) is 2.87. The quantitative estimate of drug-likeness (QED) is 0.229. The van der Waals surface area contributed by atoms with Crippen molar-refractivity contribution in [3.05, 3.63) is 35.4 Å². The molecule has 2 rings (SSSR count). The molecule has 0 aliphatic carbocycles. The fourth-order valence-corrected chi connectivity index (χ4v) is 3.79. The van der Waals surface area contributed by atoms with Gasteiger partial charge in [0.25, 0.3) is 11.8 Å². The molecular weight excluding hydrogens is 378 g/mol. The lowest BCUT2D eigenvalue weighted by Crippen LogP contribution is -2.30. The number of hydrogen-bond donors (Lipinski definition) is 0. The first-order valence-electron chi connectivity index (χ1n) is 9.77. The third-order valence-electron chi connectivity index (χ3n) is 4.89. The topological polar surface area (TPSA) is 37.4 Å². The lowest BCUT2D eigenvalue weighted by molar-refractivity contribution is 0.0651. The van der Waals surface area contributed by atoms with Gasteiger partial charge in [-0.15, -0.1) is 0 Å². The minimum Gasteiger partial charge on any atom is -0.274 e. The minimum atomic E-state index is -0.125. The molecule has 0 spiro atoms. The van der Waals surface area contributed by atoms with Crippen molar-refractivity contribution < 1.29 is 9.59 Å². The third kappa shape index (κ3) is 6.25. The third-order valence-corrected chi connectivity index (χ3v) is 5.45. The number of imide groups is 1. The molecule has 138 valence electrons. The summed E-state index contributed by atoms with van der Waals surface area (Å²) in [5.41, 5.74) is 1.12. The van der Waals surface area contributed by atoms with Crippen molar-refractivity contribution in [3.8, 4) is 0 Å². The summed E-state index contributed by atoms with van der Waals surface area (Å²) in [7, 11) is 0. The van der Waals surface area contributed by atoms with E-state index in [1.54, 1.807) is 12.1 Å². The van der Waals surface area contributed by atoms with E-state index in [0.717, 1.165) is 18.2 Å². The Hall–Kier alpha value is -1.16. The minimum absolute atomic E-state index is 0.125. The van der Waals surface area contributed by atoms with Crippen molar-refractivity contribution in [1.29, 1.82) is 0 Å². The molecule has 0 atom stereocenters. The van der Waals surface area contributed by atoms with Gasteiger partial charge in [-0.3, -0.25) is 14.5 Å². The summed E-state index contributed by atoms with van der Waals surface area (Å²) in [6.07, 6.45) is 13.9. The Labute approximate surface area is 160 Å². The molecule has 1 aromatic rings. The van der Waals surface area contributed by atoms with E-state index < -0.39 is 0 Å². The lowest BCUT2D eigenvalue weighted by Gasteiger charge is -2.13. The summed E-state index contributed by atoms with van der Waals surface area (Å²) in [6, 6.07) is 7.12. The number of hydrogen-bond acceptors (Lipinski definition) is 2. The predicted molar refractivity (Wildman–Crippen MR) is 106 cm³/mol. The highest BCUT2D eigenvalue weighted by atomic mass is 79.9. The number of fused-ring (bicyclic) bond motifs is 1. The maximum atomic E-state index is 12.2. The van der Waals surface area contributed by atoms with Gasteiger partial charge in [0.05, 0.1) is 11.1 Å². The molecule has 0 N–H and O–H groups in total. The van der Waals surface area contributed by atoms with E-state index in [-0.39, 0.29) is 11.8 Å². The van der Waals surface area contributed by atoms with Crippen LogP contribution >= 0.6 is 15.9 Å². The summed E-state index contributed by atoms with van der Waals surface area (Å²) in [5.74, 6) is -0.249. The van der Waals surface area contributed by atoms with Crippen LogP contribution in [0.4, 0.5) is 0 Å². The van der Waals surface area contributed by atoms with Crippen LogP contribution in [0.5, 0.6) is 0 Å². The second kappa shape index (κ2) is 11.5. The molecule has 3 nitrogen and oxygen atoms in total. The van der Waals surface area contributed by atoms with E-state index in [2.05, 4.69) is 15.9 Å². The van der Waals surface area contributed by atoms with Gasteiger partial charge >= 0.3 is 0 Å². The van der Waals surface area contributed by atoms with Gasteiger partial charge in [-0.1, -0.05) is 85.9 Å². The van der Waals surface area contributed by atoms with Crippen LogP contribution in [0.25, 0.3) is 0 Å². The Balaban J connectivity index is 1.49. The van der Waals surface area contributed by atoms with Gasteiger partial charge in [0.15, 0.2) is 0 Å². The number of nitrogens with zero attached hydrogens (tertiary/aromatic N) is 1. The normalized spacial score (nSPS) is 13.6. The molecular formula is C21H30BrNO2. The Morgan fingerprint density at radius 3 is 1.48 bits per heavy atom. The summed E-state index contributed by atoms with van der Waals surface area (Å²) in [4.78, 5) is 25.9. The Kier molecular flexibility index (Phi) is 9.23. The molecule has 0 fully saturated rings. The zero-order chi connectivity index (χ0) is 17.9. The monoisotopic (exact) mass is 407 g/mol. The van der Waals surface area contributed by atoms with Crippen LogP contribution in [0.3, 0.4) is 0 Å². The summed E-state index contributed by atoms with van der Waals surface area (Å²) in [6.45, 7) is 0.555. The molecule has 0 aromatic heterocycles. The van der Waals surface area contributed by atoms with Crippen LogP contribution < -0.4 is 0 Å². The molecule has 0 saturated heterocycles. The van der Waals surface area contributed by atoms with Crippen molar-refractivity contribution in [2.45, 2.75) is 70.6 Å². The number of alkyl halides is 1. The first kappa shape index (κ1) is 20.2.